The normalized spacial score (nSPS) is 26.1. The summed E-state index contributed by atoms with van der Waals surface area (Å²) in [7, 11) is 0. The van der Waals surface area contributed by atoms with Crippen molar-refractivity contribution in [1.82, 2.24) is 15.3 Å². The molecule has 0 bridgehead atoms. The number of anilines is 1. The summed E-state index contributed by atoms with van der Waals surface area (Å²) in [6.45, 7) is 0.838. The van der Waals surface area contributed by atoms with Gasteiger partial charge in [-0.05, 0) is 29.6 Å². The third-order valence-electron chi connectivity index (χ3n) is 4.86. The lowest BCUT2D eigenvalue weighted by atomic mass is 10.1. The average Bonchev–Trinajstić information content (AvgIpc) is 3.50. The molecule has 5 rings (SSSR count). The van der Waals surface area contributed by atoms with E-state index in [4.69, 9.17) is 13.9 Å². The number of nitrogens with one attached hydrogen (secondary N) is 2. The zero-order chi connectivity index (χ0) is 18.9. The molecule has 5 heterocycles. The Morgan fingerprint density at radius 1 is 1.11 bits per heavy atom. The lowest BCUT2D eigenvalue weighted by Gasteiger charge is -2.18. The number of nitrogens with zero attached hydrogens (tertiary/aromatic N) is 2. The summed E-state index contributed by atoms with van der Waals surface area (Å²) in [6.07, 6.45) is 2.80. The molecule has 9 heteroatoms. The van der Waals surface area contributed by atoms with Crippen LogP contribution in [0.1, 0.15) is 10.6 Å². The Labute approximate surface area is 164 Å². The first-order valence-electron chi connectivity index (χ1n) is 8.99. The molecule has 0 aromatic carbocycles. The quantitative estimate of drug-likeness (QED) is 0.680. The van der Waals surface area contributed by atoms with Gasteiger partial charge in [-0.25, -0.2) is 9.97 Å². The number of fused-ring (bicyclic) bond motifs is 1. The first kappa shape index (κ1) is 17.4. The first-order chi connectivity index (χ1) is 13.8. The van der Waals surface area contributed by atoms with Crippen LogP contribution in [0, 0.1) is 0 Å². The van der Waals surface area contributed by atoms with E-state index in [0.29, 0.717) is 19.2 Å². The number of carbonyl (C=O) groups is 1. The van der Waals surface area contributed by atoms with E-state index < -0.39 is 0 Å². The molecule has 144 valence electrons. The largest absolute Gasteiger partial charge is 0.459 e. The van der Waals surface area contributed by atoms with Crippen molar-refractivity contribution in [2.24, 2.45) is 0 Å². The topological polar surface area (TPSA) is 98.5 Å². The fraction of sp³-hybridized carbons (Fsp3) is 0.316. The van der Waals surface area contributed by atoms with Crippen LogP contribution in [0.25, 0.3) is 10.6 Å². The van der Waals surface area contributed by atoms with Crippen molar-refractivity contribution in [2.75, 3.05) is 18.5 Å². The van der Waals surface area contributed by atoms with Crippen molar-refractivity contribution in [3.8, 4) is 10.6 Å². The summed E-state index contributed by atoms with van der Waals surface area (Å²) in [4.78, 5) is 22.2. The van der Waals surface area contributed by atoms with Crippen LogP contribution in [0.3, 0.4) is 0 Å². The lowest BCUT2D eigenvalue weighted by molar-refractivity contribution is 0.0646. The molecule has 0 unspecified atom stereocenters. The third kappa shape index (κ3) is 3.28. The van der Waals surface area contributed by atoms with Crippen LogP contribution in [0.5, 0.6) is 0 Å². The molecule has 2 saturated heterocycles. The van der Waals surface area contributed by atoms with Gasteiger partial charge in [0.1, 0.15) is 12.2 Å². The average molecular weight is 398 g/mol. The second-order valence-corrected chi connectivity index (χ2v) is 7.59. The van der Waals surface area contributed by atoms with E-state index in [1.54, 1.807) is 29.7 Å². The molecule has 3 aromatic heterocycles. The molecule has 28 heavy (non-hydrogen) atoms. The van der Waals surface area contributed by atoms with Crippen LogP contribution < -0.4 is 10.6 Å². The van der Waals surface area contributed by atoms with Crippen LogP contribution in [0.15, 0.2) is 52.6 Å². The predicted molar refractivity (Wildman–Crippen MR) is 102 cm³/mol. The van der Waals surface area contributed by atoms with E-state index >= 15 is 0 Å². The summed E-state index contributed by atoms with van der Waals surface area (Å²) < 4.78 is 17.0. The van der Waals surface area contributed by atoms with Crippen molar-refractivity contribution in [3.63, 3.8) is 0 Å². The molecule has 3 aromatic rings. The predicted octanol–water partition coefficient (Wildman–Crippen LogP) is 2.17. The standard InChI is InChI=1S/C19H18N4O4S/c24-18(14-3-1-7-25-14)21-12-9-26-17-13(10-27-16(12)17)23-19-20-6-5-11(22-19)15-4-2-8-28-15/h1-8,12-13,16-17H,9-10H2,(H,21,24)(H,20,22,23)/t12-,13+,16-,17+/m1/s1. The Morgan fingerprint density at radius 2 is 1.96 bits per heavy atom. The Hall–Kier alpha value is -2.75. The van der Waals surface area contributed by atoms with Gasteiger partial charge in [-0.15, -0.1) is 11.3 Å². The number of hydrogen-bond donors (Lipinski definition) is 2. The van der Waals surface area contributed by atoms with Gasteiger partial charge in [-0.3, -0.25) is 4.79 Å². The fourth-order valence-corrected chi connectivity index (χ4v) is 4.24. The Bertz CT molecular complexity index is 947. The van der Waals surface area contributed by atoms with E-state index in [1.807, 2.05) is 23.6 Å². The Balaban J connectivity index is 1.24. The van der Waals surface area contributed by atoms with Gasteiger partial charge < -0.3 is 24.5 Å². The van der Waals surface area contributed by atoms with Crippen molar-refractivity contribution < 1.29 is 18.7 Å². The number of amides is 1. The molecular formula is C19H18N4O4S. The van der Waals surface area contributed by atoms with Crippen molar-refractivity contribution in [3.05, 3.63) is 53.9 Å². The van der Waals surface area contributed by atoms with Crippen molar-refractivity contribution in [1.29, 1.82) is 0 Å². The number of hydrogen-bond acceptors (Lipinski definition) is 8. The van der Waals surface area contributed by atoms with Gasteiger partial charge in [0.25, 0.3) is 5.91 Å². The van der Waals surface area contributed by atoms with Gasteiger partial charge in [-0.1, -0.05) is 6.07 Å². The number of ether oxygens (including phenoxy) is 2. The Morgan fingerprint density at radius 3 is 2.75 bits per heavy atom. The minimum atomic E-state index is -0.272. The zero-order valence-corrected chi connectivity index (χ0v) is 15.6. The van der Waals surface area contributed by atoms with Crippen molar-refractivity contribution >= 4 is 23.2 Å². The first-order valence-corrected chi connectivity index (χ1v) is 9.87. The van der Waals surface area contributed by atoms with Crippen LogP contribution in [-0.4, -0.2) is 53.4 Å². The summed E-state index contributed by atoms with van der Waals surface area (Å²) in [5, 5.41) is 8.26. The third-order valence-corrected chi connectivity index (χ3v) is 5.75. The number of thiophene rings is 1. The monoisotopic (exact) mass is 398 g/mol. The molecule has 2 N–H and O–H groups in total. The second kappa shape index (κ2) is 7.34. The van der Waals surface area contributed by atoms with Gasteiger partial charge in [0, 0.05) is 6.20 Å². The van der Waals surface area contributed by atoms with Gasteiger partial charge in [0.2, 0.25) is 5.95 Å². The van der Waals surface area contributed by atoms with Gasteiger partial charge in [0.05, 0.1) is 42.1 Å². The maximum atomic E-state index is 12.2. The van der Waals surface area contributed by atoms with Crippen LogP contribution in [-0.2, 0) is 9.47 Å². The molecule has 2 aliphatic heterocycles. The maximum absolute atomic E-state index is 12.2. The van der Waals surface area contributed by atoms with E-state index in [2.05, 4.69) is 20.6 Å². The van der Waals surface area contributed by atoms with Crippen molar-refractivity contribution in [2.45, 2.75) is 24.3 Å². The highest BCUT2D eigenvalue weighted by atomic mass is 32.1. The number of rotatable bonds is 5. The van der Waals surface area contributed by atoms with E-state index in [-0.39, 0.29) is 36.0 Å². The highest BCUT2D eigenvalue weighted by Crippen LogP contribution is 2.29. The van der Waals surface area contributed by atoms with Gasteiger partial charge in [-0.2, -0.15) is 0 Å². The minimum absolute atomic E-state index is 0.0888. The highest BCUT2D eigenvalue weighted by Gasteiger charge is 2.48. The number of furan rings is 1. The summed E-state index contributed by atoms with van der Waals surface area (Å²) >= 11 is 1.63. The highest BCUT2D eigenvalue weighted by molar-refractivity contribution is 7.13. The molecular weight excluding hydrogens is 380 g/mol. The molecule has 4 atom stereocenters. The molecule has 0 saturated carbocycles. The van der Waals surface area contributed by atoms with Crippen LogP contribution in [0.2, 0.25) is 0 Å². The molecule has 0 spiro atoms. The number of carbonyl (C=O) groups excluding carboxylic acids is 1. The van der Waals surface area contributed by atoms with E-state index in [1.165, 1.54) is 6.26 Å². The van der Waals surface area contributed by atoms with Gasteiger partial charge in [0.15, 0.2) is 5.76 Å². The minimum Gasteiger partial charge on any atom is -0.459 e. The molecule has 2 aliphatic rings. The summed E-state index contributed by atoms with van der Waals surface area (Å²) in [5.74, 6) is 0.535. The Kier molecular flexibility index (Phi) is 4.55. The van der Waals surface area contributed by atoms with Crippen LogP contribution >= 0.6 is 11.3 Å². The molecule has 2 fully saturated rings. The van der Waals surface area contributed by atoms with Crippen LogP contribution in [0.4, 0.5) is 5.95 Å². The van der Waals surface area contributed by atoms with E-state index in [0.717, 1.165) is 10.6 Å². The SMILES string of the molecule is O=C(N[C@@H]1CO[C@@H]2[C@@H]1OC[C@@H]2Nc1nccc(-c2cccs2)n1)c1ccco1. The van der Waals surface area contributed by atoms with E-state index in [9.17, 15) is 4.79 Å². The lowest BCUT2D eigenvalue weighted by Crippen LogP contribution is -2.44. The summed E-state index contributed by atoms with van der Waals surface area (Å²) in [5.41, 5.74) is 0.874. The second-order valence-electron chi connectivity index (χ2n) is 6.65. The number of aromatic nitrogens is 2. The molecule has 0 aliphatic carbocycles. The molecule has 8 nitrogen and oxygen atoms in total. The molecule has 1 amide bonds. The fourth-order valence-electron chi connectivity index (χ4n) is 3.55. The van der Waals surface area contributed by atoms with Gasteiger partial charge >= 0.3 is 0 Å². The maximum Gasteiger partial charge on any atom is 0.287 e. The smallest absolute Gasteiger partial charge is 0.287 e. The zero-order valence-electron chi connectivity index (χ0n) is 14.8. The molecule has 0 radical (unpaired) electrons. The summed E-state index contributed by atoms with van der Waals surface area (Å²) in [6, 6.07) is 8.89.